The lowest BCUT2D eigenvalue weighted by atomic mass is 10.0. The van der Waals surface area contributed by atoms with Crippen molar-refractivity contribution in [2.75, 3.05) is 31.5 Å². The molecule has 0 aliphatic rings. The standard InChI is InChI=1S/C31H39ClN4O4S/c1-6-17-33-31(38)29(20-25-11-8-7-9-12-25)35(21-26-13-10-14-27(32)19-26)30(37)22-36(41(39,40)34(4)5)28-18-23(2)15-16-24(28)3/h7-16,18-19,29H,6,17,20-22H2,1-5H3,(H,33,38). The van der Waals surface area contributed by atoms with E-state index < -0.39 is 28.7 Å². The van der Waals surface area contributed by atoms with Crippen LogP contribution in [0.1, 0.15) is 35.6 Å². The average molecular weight is 599 g/mol. The number of anilines is 1. The van der Waals surface area contributed by atoms with Gasteiger partial charge in [-0.2, -0.15) is 12.7 Å². The zero-order valence-corrected chi connectivity index (χ0v) is 25.9. The first kappa shape index (κ1) is 32.1. The predicted octanol–water partition coefficient (Wildman–Crippen LogP) is 4.74. The van der Waals surface area contributed by atoms with Crippen LogP contribution < -0.4 is 9.62 Å². The van der Waals surface area contributed by atoms with Crippen LogP contribution in [-0.4, -0.2) is 62.7 Å². The quantitative estimate of drug-likeness (QED) is 0.308. The summed E-state index contributed by atoms with van der Waals surface area (Å²) in [6.45, 7) is 5.65. The monoisotopic (exact) mass is 598 g/mol. The molecule has 41 heavy (non-hydrogen) atoms. The van der Waals surface area contributed by atoms with Gasteiger partial charge in [0.05, 0.1) is 5.69 Å². The van der Waals surface area contributed by atoms with Crippen molar-refractivity contribution in [2.45, 2.75) is 46.2 Å². The van der Waals surface area contributed by atoms with E-state index in [1.165, 1.54) is 19.0 Å². The zero-order chi connectivity index (χ0) is 30.2. The van der Waals surface area contributed by atoms with Gasteiger partial charge in [0.15, 0.2) is 0 Å². The molecule has 0 saturated heterocycles. The summed E-state index contributed by atoms with van der Waals surface area (Å²) in [6, 6.07) is 21.1. The Labute approximate surface area is 249 Å². The van der Waals surface area contributed by atoms with E-state index in [4.69, 9.17) is 11.6 Å². The molecule has 0 radical (unpaired) electrons. The molecule has 0 spiro atoms. The number of amides is 2. The summed E-state index contributed by atoms with van der Waals surface area (Å²) in [6.07, 6.45) is 0.986. The van der Waals surface area contributed by atoms with Crippen molar-refractivity contribution >= 4 is 39.3 Å². The van der Waals surface area contributed by atoms with Crippen LogP contribution in [0.15, 0.2) is 72.8 Å². The van der Waals surface area contributed by atoms with Crippen LogP contribution in [0.3, 0.4) is 0 Å². The minimum absolute atomic E-state index is 0.0685. The van der Waals surface area contributed by atoms with Crippen molar-refractivity contribution in [3.63, 3.8) is 0 Å². The molecule has 0 heterocycles. The van der Waals surface area contributed by atoms with Gasteiger partial charge < -0.3 is 10.2 Å². The van der Waals surface area contributed by atoms with Crippen molar-refractivity contribution < 1.29 is 18.0 Å². The van der Waals surface area contributed by atoms with Crippen molar-refractivity contribution in [2.24, 2.45) is 0 Å². The molecular formula is C31H39ClN4O4S. The maximum atomic E-state index is 14.3. The van der Waals surface area contributed by atoms with Crippen molar-refractivity contribution in [3.8, 4) is 0 Å². The summed E-state index contributed by atoms with van der Waals surface area (Å²) < 4.78 is 29.4. The lowest BCUT2D eigenvalue weighted by Crippen LogP contribution is -2.54. The molecule has 1 unspecified atom stereocenters. The first-order chi connectivity index (χ1) is 19.4. The third kappa shape index (κ3) is 8.55. The van der Waals surface area contributed by atoms with E-state index in [1.807, 2.05) is 62.4 Å². The highest BCUT2D eigenvalue weighted by Gasteiger charge is 2.35. The minimum atomic E-state index is -4.06. The number of rotatable bonds is 13. The zero-order valence-electron chi connectivity index (χ0n) is 24.3. The molecule has 8 nitrogen and oxygen atoms in total. The number of halogens is 1. The van der Waals surface area contributed by atoms with Crippen LogP contribution in [0, 0.1) is 13.8 Å². The third-order valence-corrected chi connectivity index (χ3v) is 8.76. The Bertz CT molecular complexity index is 1450. The lowest BCUT2D eigenvalue weighted by Gasteiger charge is -2.35. The number of hydrogen-bond acceptors (Lipinski definition) is 4. The minimum Gasteiger partial charge on any atom is -0.354 e. The van der Waals surface area contributed by atoms with Gasteiger partial charge in [0.2, 0.25) is 11.8 Å². The van der Waals surface area contributed by atoms with Gasteiger partial charge in [0, 0.05) is 38.6 Å². The predicted molar refractivity (Wildman–Crippen MR) is 165 cm³/mol. The Kier molecular flexibility index (Phi) is 11.3. The SMILES string of the molecule is CCCNC(=O)C(Cc1ccccc1)N(Cc1cccc(Cl)c1)C(=O)CN(c1cc(C)ccc1C)S(=O)(=O)N(C)C. The van der Waals surface area contributed by atoms with Gasteiger partial charge in [-0.1, -0.05) is 73.1 Å². The molecule has 3 aromatic rings. The molecular weight excluding hydrogens is 560 g/mol. The highest BCUT2D eigenvalue weighted by Crippen LogP contribution is 2.26. The van der Waals surface area contributed by atoms with Gasteiger partial charge in [-0.25, -0.2) is 4.31 Å². The van der Waals surface area contributed by atoms with E-state index >= 15 is 0 Å². The fourth-order valence-electron chi connectivity index (χ4n) is 4.44. The molecule has 1 N–H and O–H groups in total. The first-order valence-corrected chi connectivity index (χ1v) is 15.3. The first-order valence-electron chi connectivity index (χ1n) is 13.6. The Morgan fingerprint density at radius 1 is 0.927 bits per heavy atom. The van der Waals surface area contributed by atoms with Gasteiger partial charge >= 0.3 is 10.2 Å². The van der Waals surface area contributed by atoms with Gasteiger partial charge in [-0.05, 0) is 60.7 Å². The number of carbonyl (C=O) groups is 2. The molecule has 3 rings (SSSR count). The number of benzene rings is 3. The number of nitrogens with zero attached hydrogens (tertiary/aromatic N) is 3. The maximum Gasteiger partial charge on any atom is 0.304 e. The Morgan fingerprint density at radius 3 is 2.24 bits per heavy atom. The summed E-state index contributed by atoms with van der Waals surface area (Å²) in [7, 11) is -1.20. The van der Waals surface area contributed by atoms with E-state index in [2.05, 4.69) is 5.32 Å². The van der Waals surface area contributed by atoms with Crippen LogP contribution >= 0.6 is 11.6 Å². The third-order valence-electron chi connectivity index (χ3n) is 6.71. The fourth-order valence-corrected chi connectivity index (χ4v) is 5.77. The van der Waals surface area contributed by atoms with Crippen LogP contribution in [0.4, 0.5) is 5.69 Å². The highest BCUT2D eigenvalue weighted by molar-refractivity contribution is 7.90. The molecule has 10 heteroatoms. The van der Waals surface area contributed by atoms with Crippen molar-refractivity contribution in [3.05, 3.63) is 100 Å². The topological polar surface area (TPSA) is 90.0 Å². The molecule has 0 aromatic heterocycles. The second-order valence-electron chi connectivity index (χ2n) is 10.2. The van der Waals surface area contributed by atoms with E-state index in [1.54, 1.807) is 31.2 Å². The Morgan fingerprint density at radius 2 is 1.61 bits per heavy atom. The molecule has 0 saturated carbocycles. The van der Waals surface area contributed by atoms with Crippen molar-refractivity contribution in [1.29, 1.82) is 0 Å². The van der Waals surface area contributed by atoms with Crippen molar-refractivity contribution in [1.82, 2.24) is 14.5 Å². The van der Waals surface area contributed by atoms with Gasteiger partial charge in [-0.3, -0.25) is 9.59 Å². The number of hydrogen-bond donors (Lipinski definition) is 1. The molecule has 0 bridgehead atoms. The van der Waals surface area contributed by atoms with Crippen LogP contribution in [0.2, 0.25) is 5.02 Å². The summed E-state index contributed by atoms with van der Waals surface area (Å²) in [4.78, 5) is 29.3. The molecule has 0 aliphatic heterocycles. The average Bonchev–Trinajstić information content (AvgIpc) is 2.94. The Balaban J connectivity index is 2.12. The summed E-state index contributed by atoms with van der Waals surface area (Å²) in [5, 5.41) is 3.43. The normalized spacial score (nSPS) is 12.2. The largest absolute Gasteiger partial charge is 0.354 e. The van der Waals surface area contributed by atoms with E-state index in [9.17, 15) is 18.0 Å². The molecule has 2 amide bonds. The maximum absolute atomic E-state index is 14.3. The molecule has 0 fully saturated rings. The van der Waals surface area contributed by atoms with E-state index in [-0.39, 0.29) is 18.9 Å². The number of aryl methyl sites for hydroxylation is 2. The molecule has 3 aromatic carbocycles. The van der Waals surface area contributed by atoms with E-state index in [0.29, 0.717) is 22.8 Å². The second-order valence-corrected chi connectivity index (χ2v) is 12.7. The lowest BCUT2D eigenvalue weighted by molar-refractivity contribution is -0.140. The fraction of sp³-hybridized carbons (Fsp3) is 0.355. The number of nitrogens with one attached hydrogen (secondary N) is 1. The summed E-state index contributed by atoms with van der Waals surface area (Å²) in [5.74, 6) is -0.816. The van der Waals surface area contributed by atoms with Gasteiger partial charge in [0.25, 0.3) is 0 Å². The number of carbonyl (C=O) groups excluding carboxylic acids is 2. The van der Waals surface area contributed by atoms with Gasteiger partial charge in [0.1, 0.15) is 12.6 Å². The van der Waals surface area contributed by atoms with E-state index in [0.717, 1.165) is 31.7 Å². The molecule has 220 valence electrons. The highest BCUT2D eigenvalue weighted by atomic mass is 35.5. The van der Waals surface area contributed by atoms with Crippen LogP contribution in [-0.2, 0) is 32.8 Å². The Hall–Kier alpha value is -3.40. The second kappa shape index (κ2) is 14.5. The van der Waals surface area contributed by atoms with Gasteiger partial charge in [-0.15, -0.1) is 0 Å². The molecule has 0 aliphatic carbocycles. The molecule has 1 atom stereocenters. The summed E-state index contributed by atoms with van der Waals surface area (Å²) in [5.41, 5.74) is 3.57. The summed E-state index contributed by atoms with van der Waals surface area (Å²) >= 11 is 6.26. The van der Waals surface area contributed by atoms with Crippen LogP contribution in [0.5, 0.6) is 0 Å². The van der Waals surface area contributed by atoms with Crippen LogP contribution in [0.25, 0.3) is 0 Å². The smallest absolute Gasteiger partial charge is 0.304 e.